The molecule has 0 fully saturated rings. The second-order valence-electron chi connectivity index (χ2n) is 10.1. The summed E-state index contributed by atoms with van der Waals surface area (Å²) in [4.78, 5) is 43.3. The van der Waals surface area contributed by atoms with Gasteiger partial charge in [0.05, 0.1) is 18.8 Å². The number of H-pyrrole nitrogens is 1. The van der Waals surface area contributed by atoms with E-state index in [9.17, 15) is 18.8 Å². The van der Waals surface area contributed by atoms with E-state index in [1.165, 1.54) is 6.07 Å². The monoisotopic (exact) mass is 542 g/mol. The van der Waals surface area contributed by atoms with Crippen LogP contribution in [0.1, 0.15) is 69.5 Å². The van der Waals surface area contributed by atoms with E-state index in [4.69, 9.17) is 5.10 Å². The average molecular weight is 543 g/mol. The van der Waals surface area contributed by atoms with Gasteiger partial charge in [0, 0.05) is 42.0 Å². The largest absolute Gasteiger partial charge is 0.357 e. The Hall–Kier alpha value is -4.73. The van der Waals surface area contributed by atoms with Gasteiger partial charge in [0.1, 0.15) is 11.5 Å². The van der Waals surface area contributed by atoms with Crippen LogP contribution in [-0.2, 0) is 17.9 Å². The van der Waals surface area contributed by atoms with Crippen LogP contribution in [0.4, 0.5) is 15.8 Å². The Balaban J connectivity index is 1.51. The lowest BCUT2D eigenvalue weighted by atomic mass is 9.95. The Kier molecular flexibility index (Phi) is 7.50. The van der Waals surface area contributed by atoms with Crippen molar-refractivity contribution in [3.8, 4) is 0 Å². The van der Waals surface area contributed by atoms with Gasteiger partial charge in [-0.2, -0.15) is 5.10 Å². The first-order chi connectivity index (χ1) is 19.2. The van der Waals surface area contributed by atoms with E-state index in [-0.39, 0.29) is 54.5 Å². The van der Waals surface area contributed by atoms with Crippen molar-refractivity contribution >= 4 is 29.1 Å². The van der Waals surface area contributed by atoms with Gasteiger partial charge in [0.2, 0.25) is 5.91 Å². The van der Waals surface area contributed by atoms with E-state index in [2.05, 4.69) is 15.6 Å². The fourth-order valence-electron chi connectivity index (χ4n) is 5.07. The van der Waals surface area contributed by atoms with Gasteiger partial charge < -0.3 is 20.5 Å². The zero-order valence-electron chi connectivity index (χ0n) is 22.6. The minimum Gasteiger partial charge on any atom is -0.357 e. The molecule has 206 valence electrons. The number of nitrogens with one attached hydrogen (secondary N) is 3. The summed E-state index contributed by atoms with van der Waals surface area (Å²) in [5.41, 5.74) is 4.67. The number of hydrogen-bond acceptors (Lipinski definition) is 4. The van der Waals surface area contributed by atoms with Gasteiger partial charge >= 0.3 is 0 Å². The lowest BCUT2D eigenvalue weighted by Gasteiger charge is -2.32. The molecule has 5 rings (SSSR count). The van der Waals surface area contributed by atoms with E-state index in [1.807, 2.05) is 38.1 Å². The maximum absolute atomic E-state index is 14.4. The number of halogens is 1. The number of amides is 3. The number of aromatic nitrogens is 3. The molecule has 3 amide bonds. The van der Waals surface area contributed by atoms with Crippen molar-refractivity contribution in [2.45, 2.75) is 46.2 Å². The molecule has 3 heterocycles. The molecule has 3 N–H and O–H groups in total. The second-order valence-corrected chi connectivity index (χ2v) is 10.1. The maximum Gasteiger partial charge on any atom is 0.276 e. The number of fused-ring (bicyclic) bond motifs is 1. The Morgan fingerprint density at radius 2 is 1.93 bits per heavy atom. The van der Waals surface area contributed by atoms with Crippen molar-refractivity contribution in [2.24, 2.45) is 0 Å². The maximum atomic E-state index is 14.4. The van der Waals surface area contributed by atoms with Crippen LogP contribution in [0.5, 0.6) is 0 Å². The summed E-state index contributed by atoms with van der Waals surface area (Å²) in [5, 5.41) is 10.2. The van der Waals surface area contributed by atoms with Crippen LogP contribution >= 0.6 is 0 Å². The summed E-state index contributed by atoms with van der Waals surface area (Å²) in [6, 6.07) is 15.5. The van der Waals surface area contributed by atoms with Crippen LogP contribution in [-0.4, -0.2) is 43.9 Å². The van der Waals surface area contributed by atoms with Crippen molar-refractivity contribution < 1.29 is 18.8 Å². The number of hydrogen-bond donors (Lipinski definition) is 3. The Morgan fingerprint density at radius 1 is 1.10 bits per heavy atom. The lowest BCUT2D eigenvalue weighted by Crippen LogP contribution is -2.38. The van der Waals surface area contributed by atoms with E-state index in [1.54, 1.807) is 47.0 Å². The third kappa shape index (κ3) is 5.51. The first-order valence-electron chi connectivity index (χ1n) is 13.2. The molecule has 2 aromatic heterocycles. The molecular formula is C30H31FN6O3. The average Bonchev–Trinajstić information content (AvgIpc) is 3.59. The summed E-state index contributed by atoms with van der Waals surface area (Å²) in [6.45, 7) is 6.54. The van der Waals surface area contributed by atoms with Gasteiger partial charge in [-0.25, -0.2) is 4.39 Å². The zero-order chi connectivity index (χ0) is 28.4. The fourth-order valence-corrected chi connectivity index (χ4v) is 5.07. The molecule has 0 radical (unpaired) electrons. The normalized spacial score (nSPS) is 14.5. The lowest BCUT2D eigenvalue weighted by molar-refractivity contribution is -0.115. The molecule has 9 nitrogen and oxygen atoms in total. The predicted molar refractivity (Wildman–Crippen MR) is 150 cm³/mol. The number of rotatable bonds is 7. The molecule has 0 bridgehead atoms. The summed E-state index contributed by atoms with van der Waals surface area (Å²) in [5.74, 6) is -1.48. The SMILES string of the molecule is CCC(=O)Nc1cc(Cn2nc(C(=O)Nc3cccc(C)c3)c3c2C(C)CN(C(=O)c2ccc[nH]2)C3)ccc1F. The second kappa shape index (κ2) is 11.2. The quantitative estimate of drug-likeness (QED) is 0.303. The number of nitrogens with zero attached hydrogens (tertiary/aromatic N) is 3. The van der Waals surface area contributed by atoms with E-state index in [0.717, 1.165) is 11.3 Å². The number of anilines is 2. The molecule has 0 saturated carbocycles. The van der Waals surface area contributed by atoms with Gasteiger partial charge in [0.15, 0.2) is 5.69 Å². The third-order valence-electron chi connectivity index (χ3n) is 6.97. The molecule has 1 unspecified atom stereocenters. The highest BCUT2D eigenvalue weighted by Crippen LogP contribution is 2.32. The van der Waals surface area contributed by atoms with Gasteiger partial charge in [-0.3, -0.25) is 19.1 Å². The molecule has 0 aliphatic carbocycles. The van der Waals surface area contributed by atoms with Crippen molar-refractivity contribution in [2.75, 3.05) is 17.2 Å². The predicted octanol–water partition coefficient (Wildman–Crippen LogP) is 5.07. The van der Waals surface area contributed by atoms with Gasteiger partial charge in [-0.15, -0.1) is 0 Å². The minimum absolute atomic E-state index is 0.0959. The number of benzene rings is 2. The van der Waals surface area contributed by atoms with Crippen LogP contribution in [0, 0.1) is 12.7 Å². The van der Waals surface area contributed by atoms with Crippen molar-refractivity contribution in [1.29, 1.82) is 0 Å². The number of aryl methyl sites for hydroxylation is 1. The summed E-state index contributed by atoms with van der Waals surface area (Å²) < 4.78 is 16.1. The summed E-state index contributed by atoms with van der Waals surface area (Å²) in [6.07, 6.45) is 1.93. The topological polar surface area (TPSA) is 112 Å². The van der Waals surface area contributed by atoms with Crippen molar-refractivity contribution in [3.63, 3.8) is 0 Å². The molecular weight excluding hydrogens is 511 g/mol. The Morgan fingerprint density at radius 3 is 2.65 bits per heavy atom. The molecule has 10 heteroatoms. The first-order valence-corrected chi connectivity index (χ1v) is 13.2. The fraction of sp³-hybridized carbons (Fsp3) is 0.267. The molecule has 1 aliphatic rings. The molecule has 2 aromatic carbocycles. The van der Waals surface area contributed by atoms with Crippen molar-refractivity contribution in [3.05, 3.63) is 100 Å². The van der Waals surface area contributed by atoms with Crippen LogP contribution in [0.2, 0.25) is 0 Å². The van der Waals surface area contributed by atoms with Crippen LogP contribution in [0.25, 0.3) is 0 Å². The molecule has 0 spiro atoms. The van der Waals surface area contributed by atoms with Gasteiger partial charge in [0.25, 0.3) is 11.8 Å². The number of carbonyl (C=O) groups is 3. The smallest absolute Gasteiger partial charge is 0.276 e. The van der Waals surface area contributed by atoms with Crippen LogP contribution in [0.15, 0.2) is 60.8 Å². The third-order valence-corrected chi connectivity index (χ3v) is 6.97. The van der Waals surface area contributed by atoms with E-state index < -0.39 is 5.82 Å². The highest BCUT2D eigenvalue weighted by Gasteiger charge is 2.34. The molecule has 4 aromatic rings. The number of carbonyl (C=O) groups excluding carboxylic acids is 3. The number of aromatic amines is 1. The van der Waals surface area contributed by atoms with Crippen LogP contribution in [0.3, 0.4) is 0 Å². The van der Waals surface area contributed by atoms with Gasteiger partial charge in [-0.05, 0) is 54.4 Å². The molecule has 1 atom stereocenters. The van der Waals surface area contributed by atoms with Gasteiger partial charge in [-0.1, -0.05) is 32.0 Å². The van der Waals surface area contributed by atoms with E-state index >= 15 is 0 Å². The summed E-state index contributed by atoms with van der Waals surface area (Å²) >= 11 is 0. The highest BCUT2D eigenvalue weighted by molar-refractivity contribution is 6.04. The van der Waals surface area contributed by atoms with E-state index in [0.29, 0.717) is 29.1 Å². The molecule has 1 aliphatic heterocycles. The molecule has 40 heavy (non-hydrogen) atoms. The minimum atomic E-state index is -0.530. The van der Waals surface area contributed by atoms with Crippen molar-refractivity contribution in [1.82, 2.24) is 19.7 Å². The molecule has 0 saturated heterocycles. The van der Waals surface area contributed by atoms with Crippen LogP contribution < -0.4 is 10.6 Å². The zero-order valence-corrected chi connectivity index (χ0v) is 22.6. The highest BCUT2D eigenvalue weighted by atomic mass is 19.1. The standard InChI is InChI=1S/C30H31FN6O3/c1-4-26(38)34-25-14-20(10-11-23(25)31)16-37-28-19(3)15-36(30(40)24-9-6-12-32-24)17-22(28)27(35-37)29(39)33-21-8-5-7-18(2)13-21/h5-14,19,32H,4,15-17H2,1-3H3,(H,33,39)(H,34,38). The Bertz CT molecular complexity index is 1580. The summed E-state index contributed by atoms with van der Waals surface area (Å²) in [7, 11) is 0. The first kappa shape index (κ1) is 26.9. The Labute approximate surface area is 231 Å².